The van der Waals surface area contributed by atoms with Crippen LogP contribution in [0.1, 0.15) is 43.1 Å². The lowest BCUT2D eigenvalue weighted by atomic mass is 10.1. The highest BCUT2D eigenvalue weighted by atomic mass is 79.9. The Bertz CT molecular complexity index is 646. The van der Waals surface area contributed by atoms with Crippen molar-refractivity contribution in [2.75, 3.05) is 6.54 Å². The molecule has 118 valence electrons. The van der Waals surface area contributed by atoms with Crippen molar-refractivity contribution in [2.45, 2.75) is 45.1 Å². The molecule has 0 saturated carbocycles. The molecule has 0 bridgehead atoms. The summed E-state index contributed by atoms with van der Waals surface area (Å²) in [6.45, 7) is 8.05. The zero-order valence-electron chi connectivity index (χ0n) is 12.5. The number of carbonyl (C=O) groups is 1. The van der Waals surface area contributed by atoms with Gasteiger partial charge in [-0.25, -0.2) is 8.42 Å². The van der Waals surface area contributed by atoms with Gasteiger partial charge in [0.05, 0.1) is 4.90 Å². The molecule has 1 atom stereocenters. The first-order chi connectivity index (χ1) is 9.63. The molecule has 1 aromatic carbocycles. The predicted octanol–water partition coefficient (Wildman–Crippen LogP) is 3.95. The first kappa shape index (κ1) is 18.5. The summed E-state index contributed by atoms with van der Waals surface area (Å²) in [4.78, 5) is 14.3. The van der Waals surface area contributed by atoms with Crippen molar-refractivity contribution in [2.24, 2.45) is 0 Å². The maximum Gasteiger partial charge on any atom is 0.261 e. The third-order valence-corrected chi connectivity index (χ3v) is 5.80. The van der Waals surface area contributed by atoms with E-state index < -0.39 is 9.05 Å². The van der Waals surface area contributed by atoms with Crippen LogP contribution in [0, 0.1) is 6.92 Å². The number of hydrogen-bond donors (Lipinski definition) is 0. The number of carbonyl (C=O) groups excluding carboxylic acids is 1. The summed E-state index contributed by atoms with van der Waals surface area (Å²) >= 11 is 3.29. The van der Waals surface area contributed by atoms with Crippen LogP contribution in [0.25, 0.3) is 0 Å². The van der Waals surface area contributed by atoms with E-state index in [9.17, 15) is 13.2 Å². The maximum absolute atomic E-state index is 12.6. The normalized spacial score (nSPS) is 13.0. The van der Waals surface area contributed by atoms with Crippen molar-refractivity contribution < 1.29 is 13.2 Å². The molecule has 21 heavy (non-hydrogen) atoms. The monoisotopic (exact) mass is 395 g/mol. The van der Waals surface area contributed by atoms with E-state index in [1.165, 1.54) is 6.07 Å². The number of hydrogen-bond acceptors (Lipinski definition) is 3. The summed E-state index contributed by atoms with van der Waals surface area (Å²) in [5.74, 6) is -0.200. The topological polar surface area (TPSA) is 54.5 Å². The van der Waals surface area contributed by atoms with E-state index in [2.05, 4.69) is 15.9 Å². The summed E-state index contributed by atoms with van der Waals surface area (Å²) in [5, 5.41) is 0. The van der Waals surface area contributed by atoms with Crippen LogP contribution >= 0.6 is 26.6 Å². The zero-order valence-corrected chi connectivity index (χ0v) is 15.6. The molecule has 0 aliphatic heterocycles. The fourth-order valence-corrected chi connectivity index (χ4v) is 3.89. The van der Waals surface area contributed by atoms with E-state index in [0.29, 0.717) is 22.1 Å². The van der Waals surface area contributed by atoms with Crippen LogP contribution in [0.4, 0.5) is 0 Å². The van der Waals surface area contributed by atoms with Gasteiger partial charge in [-0.1, -0.05) is 22.9 Å². The fourth-order valence-electron chi connectivity index (χ4n) is 2.07. The molecule has 0 N–H and O–H groups in total. The molecule has 1 aromatic rings. The average Bonchev–Trinajstić information content (AvgIpc) is 2.40. The van der Waals surface area contributed by atoms with E-state index in [-0.39, 0.29) is 16.8 Å². The van der Waals surface area contributed by atoms with E-state index in [0.717, 1.165) is 6.42 Å². The third-order valence-electron chi connectivity index (χ3n) is 3.53. The molecule has 1 rings (SSSR count). The van der Waals surface area contributed by atoms with Crippen molar-refractivity contribution in [3.8, 4) is 0 Å². The Kier molecular flexibility index (Phi) is 6.25. The molecule has 0 saturated heterocycles. The molecular formula is C14H19BrClNO3S. The molecular weight excluding hydrogens is 378 g/mol. The molecule has 0 radical (unpaired) electrons. The minimum absolute atomic E-state index is 0.0397. The van der Waals surface area contributed by atoms with E-state index in [1.807, 2.05) is 20.8 Å². The standard InChI is InChI=1S/C14H19BrClNO3S/c1-5-9(3)17(6-2)14(18)11-7-12(15)10(4)13(8-11)21(16,19)20/h7-9H,5-6H2,1-4H3. The lowest BCUT2D eigenvalue weighted by Gasteiger charge is -2.27. The van der Waals surface area contributed by atoms with Crippen LogP contribution in [-0.4, -0.2) is 31.8 Å². The molecule has 7 heteroatoms. The fraction of sp³-hybridized carbons (Fsp3) is 0.500. The molecule has 4 nitrogen and oxygen atoms in total. The van der Waals surface area contributed by atoms with Crippen molar-refractivity contribution in [1.29, 1.82) is 0 Å². The maximum atomic E-state index is 12.6. The molecule has 0 fully saturated rings. The summed E-state index contributed by atoms with van der Waals surface area (Å²) < 4.78 is 23.8. The molecule has 0 aliphatic rings. The smallest absolute Gasteiger partial charge is 0.261 e. The highest BCUT2D eigenvalue weighted by molar-refractivity contribution is 9.10. The van der Waals surface area contributed by atoms with Gasteiger partial charge < -0.3 is 4.90 Å². The Hall–Kier alpha value is -0.590. The van der Waals surface area contributed by atoms with Crippen molar-refractivity contribution in [1.82, 2.24) is 4.90 Å². The van der Waals surface area contributed by atoms with E-state index in [4.69, 9.17) is 10.7 Å². The molecule has 0 heterocycles. The Morgan fingerprint density at radius 1 is 1.38 bits per heavy atom. The summed E-state index contributed by atoms with van der Waals surface area (Å²) in [6.07, 6.45) is 0.827. The Labute approximate surface area is 139 Å². The van der Waals surface area contributed by atoms with Crippen LogP contribution in [-0.2, 0) is 9.05 Å². The van der Waals surface area contributed by atoms with Gasteiger partial charge in [0, 0.05) is 33.3 Å². The molecule has 0 spiro atoms. The predicted molar refractivity (Wildman–Crippen MR) is 88.4 cm³/mol. The molecule has 0 aliphatic carbocycles. The van der Waals surface area contributed by atoms with Gasteiger partial charge in [-0.2, -0.15) is 0 Å². The van der Waals surface area contributed by atoms with Crippen LogP contribution < -0.4 is 0 Å². The minimum Gasteiger partial charge on any atom is -0.336 e. The number of nitrogens with zero attached hydrogens (tertiary/aromatic N) is 1. The van der Waals surface area contributed by atoms with Gasteiger partial charge in [-0.15, -0.1) is 0 Å². The minimum atomic E-state index is -3.90. The highest BCUT2D eigenvalue weighted by Crippen LogP contribution is 2.29. The van der Waals surface area contributed by atoms with Gasteiger partial charge in [0.1, 0.15) is 0 Å². The molecule has 1 unspecified atom stereocenters. The zero-order chi connectivity index (χ0) is 16.4. The van der Waals surface area contributed by atoms with Gasteiger partial charge in [0.15, 0.2) is 0 Å². The quantitative estimate of drug-likeness (QED) is 0.708. The van der Waals surface area contributed by atoms with Crippen molar-refractivity contribution >= 4 is 41.6 Å². The van der Waals surface area contributed by atoms with Gasteiger partial charge in [-0.3, -0.25) is 4.79 Å². The molecule has 0 aromatic heterocycles. The first-order valence-corrected chi connectivity index (χ1v) is 9.79. The highest BCUT2D eigenvalue weighted by Gasteiger charge is 2.23. The third kappa shape index (κ3) is 4.20. The summed E-state index contributed by atoms with van der Waals surface area (Å²) in [5.41, 5.74) is 0.807. The summed E-state index contributed by atoms with van der Waals surface area (Å²) in [6, 6.07) is 3.06. The van der Waals surface area contributed by atoms with Crippen molar-refractivity contribution in [3.63, 3.8) is 0 Å². The summed E-state index contributed by atoms with van der Waals surface area (Å²) in [7, 11) is 1.54. The van der Waals surface area contributed by atoms with E-state index >= 15 is 0 Å². The second kappa shape index (κ2) is 7.11. The SMILES string of the molecule is CCC(C)N(CC)C(=O)c1cc(Br)c(C)c(S(=O)(=O)Cl)c1. The second-order valence-corrected chi connectivity index (χ2v) is 8.26. The van der Waals surface area contributed by atoms with Crippen LogP contribution in [0.3, 0.4) is 0 Å². The Morgan fingerprint density at radius 2 is 1.95 bits per heavy atom. The Balaban J connectivity index is 3.38. The van der Waals surface area contributed by atoms with Gasteiger partial charge in [0.25, 0.3) is 15.0 Å². The lowest BCUT2D eigenvalue weighted by Crippen LogP contribution is -2.38. The van der Waals surface area contributed by atoms with Gasteiger partial charge >= 0.3 is 0 Å². The second-order valence-electron chi connectivity index (χ2n) is 4.87. The van der Waals surface area contributed by atoms with Crippen LogP contribution in [0.2, 0.25) is 0 Å². The van der Waals surface area contributed by atoms with Crippen molar-refractivity contribution in [3.05, 3.63) is 27.7 Å². The van der Waals surface area contributed by atoms with Crippen LogP contribution in [0.15, 0.2) is 21.5 Å². The first-order valence-electron chi connectivity index (χ1n) is 6.69. The van der Waals surface area contributed by atoms with Crippen LogP contribution in [0.5, 0.6) is 0 Å². The number of rotatable bonds is 5. The Morgan fingerprint density at radius 3 is 2.38 bits per heavy atom. The number of amides is 1. The van der Waals surface area contributed by atoms with Gasteiger partial charge in [0.2, 0.25) is 0 Å². The molecule has 1 amide bonds. The number of benzene rings is 1. The largest absolute Gasteiger partial charge is 0.336 e. The van der Waals surface area contributed by atoms with Gasteiger partial charge in [-0.05, 0) is 44.9 Å². The number of halogens is 2. The lowest BCUT2D eigenvalue weighted by molar-refractivity contribution is 0.0699. The van der Waals surface area contributed by atoms with E-state index in [1.54, 1.807) is 17.9 Å². The average molecular weight is 397 g/mol.